The van der Waals surface area contributed by atoms with E-state index in [9.17, 15) is 0 Å². The van der Waals surface area contributed by atoms with Gasteiger partial charge in [-0.1, -0.05) is 11.6 Å². The Labute approximate surface area is 117 Å². The van der Waals surface area contributed by atoms with E-state index >= 15 is 0 Å². The van der Waals surface area contributed by atoms with Gasteiger partial charge in [0.15, 0.2) is 0 Å². The Kier molecular flexibility index (Phi) is 3.91. The fraction of sp³-hybridized carbons (Fsp3) is 0.182. The van der Waals surface area contributed by atoms with Crippen molar-refractivity contribution in [2.24, 2.45) is 0 Å². The smallest absolute Gasteiger partial charge is 0.0932 e. The molecule has 6 heteroatoms. The third kappa shape index (κ3) is 2.91. The van der Waals surface area contributed by atoms with Gasteiger partial charge in [-0.25, -0.2) is 0 Å². The topological polar surface area (TPSA) is 50.9 Å². The molecule has 2 aromatic rings. The van der Waals surface area contributed by atoms with E-state index in [0.717, 1.165) is 19.4 Å². The van der Waals surface area contributed by atoms with E-state index in [1.54, 1.807) is 23.7 Å². The highest BCUT2D eigenvalue weighted by Crippen LogP contribution is 2.33. The summed E-state index contributed by atoms with van der Waals surface area (Å²) in [5.74, 6) is 0. The van der Waals surface area contributed by atoms with Crippen LogP contribution < -0.4 is 11.1 Å². The van der Waals surface area contributed by atoms with Crippen molar-refractivity contribution in [3.63, 3.8) is 0 Å². The molecular weight excluding hydrogens is 322 g/mol. The molecule has 0 fully saturated rings. The largest absolute Gasteiger partial charge is 0.396 e. The first kappa shape index (κ1) is 12.7. The first-order valence-electron chi connectivity index (χ1n) is 4.98. The highest BCUT2D eigenvalue weighted by Gasteiger charge is 2.12. The van der Waals surface area contributed by atoms with Crippen LogP contribution in [0.4, 0.5) is 11.4 Å². The number of pyridine rings is 1. The molecule has 0 spiro atoms. The third-order valence-corrected chi connectivity index (χ3v) is 4.33. The van der Waals surface area contributed by atoms with Crippen molar-refractivity contribution in [1.29, 1.82) is 0 Å². The molecule has 3 nitrogen and oxygen atoms in total. The summed E-state index contributed by atoms with van der Waals surface area (Å²) >= 11 is 10.9. The van der Waals surface area contributed by atoms with Gasteiger partial charge in [-0.05, 0) is 35.0 Å². The molecule has 2 aromatic heterocycles. The number of halogens is 2. The Bertz CT molecular complexity index is 509. The Hall–Kier alpha value is -0.780. The van der Waals surface area contributed by atoms with Gasteiger partial charge in [0.05, 0.1) is 32.4 Å². The van der Waals surface area contributed by atoms with Gasteiger partial charge in [0.2, 0.25) is 0 Å². The lowest BCUT2D eigenvalue weighted by atomic mass is 10.2. The summed E-state index contributed by atoms with van der Waals surface area (Å²) in [6.45, 7) is 2.06. The second kappa shape index (κ2) is 5.25. The third-order valence-electron chi connectivity index (χ3n) is 2.31. The Morgan fingerprint density at radius 1 is 1.47 bits per heavy atom. The molecule has 3 N–H and O–H groups in total. The number of rotatable bonds is 3. The van der Waals surface area contributed by atoms with Gasteiger partial charge < -0.3 is 11.1 Å². The van der Waals surface area contributed by atoms with E-state index < -0.39 is 0 Å². The number of nitrogens with one attached hydrogen (secondary N) is 1. The van der Waals surface area contributed by atoms with Crippen LogP contribution in [0.2, 0.25) is 4.34 Å². The normalized spacial score (nSPS) is 12.4. The van der Waals surface area contributed by atoms with Crippen molar-refractivity contribution in [3.8, 4) is 0 Å². The molecule has 0 saturated heterocycles. The summed E-state index contributed by atoms with van der Waals surface area (Å²) in [5.41, 5.74) is 7.35. The number of nitrogen functional groups attached to an aromatic ring is 1. The molecule has 0 amide bonds. The maximum Gasteiger partial charge on any atom is 0.0932 e. The lowest BCUT2D eigenvalue weighted by Gasteiger charge is -2.16. The fourth-order valence-electron chi connectivity index (χ4n) is 1.45. The monoisotopic (exact) mass is 331 g/mol. The lowest BCUT2D eigenvalue weighted by molar-refractivity contribution is 0.906. The minimum Gasteiger partial charge on any atom is -0.396 e. The minimum absolute atomic E-state index is 0.147. The van der Waals surface area contributed by atoms with E-state index in [1.807, 2.05) is 12.1 Å². The number of thiophene rings is 1. The fourth-order valence-corrected chi connectivity index (χ4v) is 2.98. The van der Waals surface area contributed by atoms with Gasteiger partial charge in [-0.2, -0.15) is 0 Å². The van der Waals surface area contributed by atoms with Gasteiger partial charge in [0.25, 0.3) is 0 Å². The molecule has 90 valence electrons. The van der Waals surface area contributed by atoms with Crippen LogP contribution in [0.1, 0.15) is 17.8 Å². The molecule has 1 atom stereocenters. The van der Waals surface area contributed by atoms with Crippen LogP contribution in [0.25, 0.3) is 0 Å². The first-order chi connectivity index (χ1) is 8.08. The van der Waals surface area contributed by atoms with E-state index in [0.29, 0.717) is 5.69 Å². The van der Waals surface area contributed by atoms with Gasteiger partial charge >= 0.3 is 0 Å². The van der Waals surface area contributed by atoms with Crippen LogP contribution in [0, 0.1) is 0 Å². The summed E-state index contributed by atoms with van der Waals surface area (Å²) in [6.07, 6.45) is 3.34. The zero-order valence-corrected chi connectivity index (χ0v) is 12.2. The molecule has 0 aliphatic carbocycles. The summed E-state index contributed by atoms with van der Waals surface area (Å²) in [7, 11) is 0. The van der Waals surface area contributed by atoms with Crippen molar-refractivity contribution in [2.75, 3.05) is 11.1 Å². The molecule has 2 rings (SSSR count). The van der Waals surface area contributed by atoms with Crippen molar-refractivity contribution in [3.05, 3.63) is 38.2 Å². The number of aromatic nitrogens is 1. The number of nitrogens with zero attached hydrogens (tertiary/aromatic N) is 1. The molecule has 0 aliphatic heterocycles. The molecule has 0 aliphatic rings. The molecule has 0 radical (unpaired) electrons. The van der Waals surface area contributed by atoms with E-state index in [-0.39, 0.29) is 6.04 Å². The van der Waals surface area contributed by atoms with E-state index in [1.165, 1.54) is 0 Å². The SMILES string of the molecule is CC(Nc1c(N)cncc1Br)c1ccc(Cl)s1. The number of anilines is 2. The summed E-state index contributed by atoms with van der Waals surface area (Å²) in [6, 6.07) is 4.05. The van der Waals surface area contributed by atoms with Gasteiger partial charge in [-0.3, -0.25) is 4.98 Å². The predicted octanol–water partition coefficient (Wildman–Crippen LogP) is 4.31. The van der Waals surface area contributed by atoms with Gasteiger partial charge in [0.1, 0.15) is 0 Å². The highest BCUT2D eigenvalue weighted by atomic mass is 79.9. The van der Waals surface area contributed by atoms with Crippen molar-refractivity contribution in [2.45, 2.75) is 13.0 Å². The summed E-state index contributed by atoms with van der Waals surface area (Å²) in [5, 5.41) is 3.35. The van der Waals surface area contributed by atoms with E-state index in [4.69, 9.17) is 17.3 Å². The molecule has 0 saturated carbocycles. The van der Waals surface area contributed by atoms with Crippen LogP contribution in [-0.2, 0) is 0 Å². The van der Waals surface area contributed by atoms with Crippen LogP contribution in [-0.4, -0.2) is 4.98 Å². The second-order valence-corrected chi connectivity index (χ2v) is 6.19. The lowest BCUT2D eigenvalue weighted by Crippen LogP contribution is -2.07. The number of hydrogen-bond donors (Lipinski definition) is 2. The average molecular weight is 333 g/mol. The summed E-state index contributed by atoms with van der Waals surface area (Å²) < 4.78 is 1.64. The maximum absolute atomic E-state index is 5.92. The molecule has 2 heterocycles. The first-order valence-corrected chi connectivity index (χ1v) is 6.97. The quantitative estimate of drug-likeness (QED) is 0.880. The van der Waals surface area contributed by atoms with E-state index in [2.05, 4.69) is 33.2 Å². The number of nitrogens with two attached hydrogens (primary N) is 1. The Morgan fingerprint density at radius 3 is 2.82 bits per heavy atom. The van der Waals surface area contributed by atoms with Crippen LogP contribution in [0.15, 0.2) is 29.0 Å². The standard InChI is InChI=1S/C11H11BrClN3S/c1-6(9-2-3-10(13)17-9)16-11-7(12)4-15-5-8(11)14/h2-6H,14H2,1H3,(H,15,16). The molecule has 0 bridgehead atoms. The second-order valence-electron chi connectivity index (χ2n) is 3.59. The highest BCUT2D eigenvalue weighted by molar-refractivity contribution is 9.10. The number of hydrogen-bond acceptors (Lipinski definition) is 4. The molecule has 0 aromatic carbocycles. The molecule has 17 heavy (non-hydrogen) atoms. The summed E-state index contributed by atoms with van der Waals surface area (Å²) in [4.78, 5) is 5.16. The molecular formula is C11H11BrClN3S. The van der Waals surface area contributed by atoms with Crippen LogP contribution in [0.3, 0.4) is 0 Å². The zero-order valence-electron chi connectivity index (χ0n) is 9.08. The zero-order chi connectivity index (χ0) is 12.4. The Balaban J connectivity index is 2.21. The Morgan fingerprint density at radius 2 is 2.24 bits per heavy atom. The van der Waals surface area contributed by atoms with Gasteiger partial charge in [-0.15, -0.1) is 11.3 Å². The minimum atomic E-state index is 0.147. The van der Waals surface area contributed by atoms with Crippen LogP contribution >= 0.6 is 38.9 Å². The van der Waals surface area contributed by atoms with Gasteiger partial charge in [0, 0.05) is 11.1 Å². The van der Waals surface area contributed by atoms with Crippen molar-refractivity contribution in [1.82, 2.24) is 4.98 Å². The van der Waals surface area contributed by atoms with Crippen molar-refractivity contribution < 1.29 is 0 Å². The maximum atomic E-state index is 5.92. The van der Waals surface area contributed by atoms with Crippen LogP contribution in [0.5, 0.6) is 0 Å². The van der Waals surface area contributed by atoms with Crippen molar-refractivity contribution >= 4 is 50.2 Å². The average Bonchev–Trinajstić information content (AvgIpc) is 2.70. The predicted molar refractivity (Wildman–Crippen MR) is 77.7 cm³/mol. The molecule has 1 unspecified atom stereocenters.